The number of carbonyl (C=O) groups is 4. The molecule has 2 aromatic carbocycles. The molecular weight excluding hydrogens is 487 g/mol. The molecule has 0 saturated heterocycles. The number of ether oxygens (including phenoxy) is 1. The van der Waals surface area contributed by atoms with E-state index in [1.807, 2.05) is 24.3 Å². The number of aromatic nitrogens is 1. The molecule has 0 saturated carbocycles. The molecule has 3 rings (SSSR count). The second kappa shape index (κ2) is 12.4. The average Bonchev–Trinajstić information content (AvgIpc) is 3.24. The van der Waals surface area contributed by atoms with Crippen LogP contribution in [0.5, 0.6) is 0 Å². The summed E-state index contributed by atoms with van der Waals surface area (Å²) in [4.78, 5) is 45.7. The van der Waals surface area contributed by atoms with Crippen LogP contribution in [0, 0.1) is 0 Å². The predicted molar refractivity (Wildman–Crippen MR) is 121 cm³/mol. The van der Waals surface area contributed by atoms with Gasteiger partial charge in [0.2, 0.25) is 5.91 Å². The number of aromatic amines is 1. The molecule has 1 unspecified atom stereocenters. The minimum atomic E-state index is -4.51. The van der Waals surface area contributed by atoms with Crippen LogP contribution in [0.4, 0.5) is 18.9 Å². The van der Waals surface area contributed by atoms with E-state index in [9.17, 15) is 22.8 Å². The first-order valence-electron chi connectivity index (χ1n) is 10.2. The first-order valence-corrected chi connectivity index (χ1v) is 10.2. The molecule has 0 spiro atoms. The first kappa shape index (κ1) is 27.9. The number of para-hydroxylation sites is 1. The van der Waals surface area contributed by atoms with Crippen LogP contribution in [-0.2, 0) is 36.5 Å². The van der Waals surface area contributed by atoms with E-state index < -0.39 is 41.6 Å². The van der Waals surface area contributed by atoms with E-state index in [0.29, 0.717) is 0 Å². The number of amides is 1. The summed E-state index contributed by atoms with van der Waals surface area (Å²) in [5.74, 6) is -4.78. The van der Waals surface area contributed by atoms with Crippen molar-refractivity contribution in [3.05, 3.63) is 65.9 Å². The molecule has 1 amide bonds. The molecule has 3 aromatic rings. The Morgan fingerprint density at radius 1 is 1.03 bits per heavy atom. The number of methoxy groups -OCH3 is 1. The number of alkyl halides is 3. The van der Waals surface area contributed by atoms with Crippen LogP contribution in [-0.4, -0.2) is 58.7 Å². The molecule has 10 nitrogen and oxygen atoms in total. The van der Waals surface area contributed by atoms with Gasteiger partial charge in [0.25, 0.3) is 0 Å². The number of halogens is 3. The van der Waals surface area contributed by atoms with Crippen LogP contribution in [0.2, 0.25) is 0 Å². The third-order valence-corrected chi connectivity index (χ3v) is 4.75. The van der Waals surface area contributed by atoms with Crippen molar-refractivity contribution in [1.82, 2.24) is 10.3 Å². The summed E-state index contributed by atoms with van der Waals surface area (Å²) >= 11 is 0. The zero-order valence-corrected chi connectivity index (χ0v) is 18.8. The number of anilines is 1. The van der Waals surface area contributed by atoms with Crippen molar-refractivity contribution in [2.45, 2.75) is 18.6 Å². The fourth-order valence-corrected chi connectivity index (χ4v) is 3.10. The Morgan fingerprint density at radius 2 is 1.69 bits per heavy atom. The maximum atomic E-state index is 12.8. The Hall–Kier alpha value is -4.39. The van der Waals surface area contributed by atoms with E-state index in [1.54, 1.807) is 6.20 Å². The molecule has 13 heteroatoms. The summed E-state index contributed by atoms with van der Waals surface area (Å²) in [7, 11) is 1.24. The summed E-state index contributed by atoms with van der Waals surface area (Å²) in [6.07, 6.45) is -2.45. The minimum absolute atomic E-state index is 0.0165. The van der Waals surface area contributed by atoms with Gasteiger partial charge in [0.15, 0.2) is 0 Å². The first-order chi connectivity index (χ1) is 16.9. The molecule has 1 atom stereocenters. The highest BCUT2D eigenvalue weighted by Crippen LogP contribution is 2.30. The highest BCUT2D eigenvalue weighted by Gasteiger charge is 2.30. The van der Waals surface area contributed by atoms with Gasteiger partial charge in [-0.25, -0.2) is 9.59 Å². The van der Waals surface area contributed by atoms with Crippen LogP contribution < -0.4 is 10.6 Å². The number of benzene rings is 2. The number of nitrogens with one attached hydrogen (secondary N) is 3. The van der Waals surface area contributed by atoms with E-state index in [4.69, 9.17) is 24.5 Å². The number of rotatable bonds is 7. The van der Waals surface area contributed by atoms with Gasteiger partial charge >= 0.3 is 24.1 Å². The lowest BCUT2D eigenvalue weighted by molar-refractivity contribution is -0.159. The van der Waals surface area contributed by atoms with E-state index in [0.717, 1.165) is 28.6 Å². The monoisotopic (exact) mass is 509 g/mol. The van der Waals surface area contributed by atoms with Gasteiger partial charge in [-0.05, 0) is 29.8 Å². The third-order valence-electron chi connectivity index (χ3n) is 4.75. The number of fused-ring (bicyclic) bond motifs is 1. The fraction of sp³-hybridized carbons (Fsp3) is 0.217. The Bertz CT molecular complexity index is 1230. The zero-order valence-electron chi connectivity index (χ0n) is 18.8. The Balaban J connectivity index is 0.000000678. The van der Waals surface area contributed by atoms with Gasteiger partial charge in [-0.3, -0.25) is 14.9 Å². The Labute approximate surface area is 202 Å². The van der Waals surface area contributed by atoms with Gasteiger partial charge in [0.1, 0.15) is 6.04 Å². The molecule has 192 valence electrons. The molecule has 1 heterocycles. The molecule has 0 bridgehead atoms. The lowest BCUT2D eigenvalue weighted by Crippen LogP contribution is -2.43. The average molecular weight is 509 g/mol. The second-order valence-electron chi connectivity index (χ2n) is 7.26. The molecular formula is C23H22F3N3O7. The van der Waals surface area contributed by atoms with Gasteiger partial charge in [-0.2, -0.15) is 13.2 Å². The second-order valence-corrected chi connectivity index (χ2v) is 7.26. The number of carbonyl (C=O) groups excluding carboxylic acids is 2. The molecule has 0 aliphatic rings. The van der Waals surface area contributed by atoms with E-state index in [2.05, 4.69) is 15.6 Å². The molecule has 0 radical (unpaired) electrons. The number of carboxylic acids is 2. The largest absolute Gasteiger partial charge is 0.473 e. The topological polar surface area (TPSA) is 158 Å². The van der Waals surface area contributed by atoms with Crippen LogP contribution in [0.1, 0.15) is 11.1 Å². The molecule has 0 aliphatic heterocycles. The van der Waals surface area contributed by atoms with E-state index >= 15 is 0 Å². The lowest BCUT2D eigenvalue weighted by atomic mass is 10.0. The van der Waals surface area contributed by atoms with Crippen molar-refractivity contribution >= 4 is 40.4 Å². The Kier molecular flexibility index (Phi) is 9.56. The van der Waals surface area contributed by atoms with E-state index in [-0.39, 0.29) is 18.7 Å². The smallest absolute Gasteiger partial charge is 0.416 e. The van der Waals surface area contributed by atoms with Crippen molar-refractivity contribution in [1.29, 1.82) is 0 Å². The van der Waals surface area contributed by atoms with Crippen molar-refractivity contribution in [2.24, 2.45) is 0 Å². The normalized spacial score (nSPS) is 11.7. The fourth-order valence-electron chi connectivity index (χ4n) is 3.10. The maximum absolute atomic E-state index is 12.8. The van der Waals surface area contributed by atoms with Crippen molar-refractivity contribution < 1.29 is 47.3 Å². The lowest BCUT2D eigenvalue weighted by Gasteiger charge is -2.16. The van der Waals surface area contributed by atoms with Gasteiger partial charge in [0, 0.05) is 29.2 Å². The summed E-state index contributed by atoms with van der Waals surface area (Å²) in [5, 5.41) is 20.9. The molecule has 36 heavy (non-hydrogen) atoms. The number of hydrogen-bond acceptors (Lipinski definition) is 6. The zero-order chi connectivity index (χ0) is 26.9. The van der Waals surface area contributed by atoms with Crippen LogP contribution in [0.25, 0.3) is 10.9 Å². The third kappa shape index (κ3) is 8.13. The van der Waals surface area contributed by atoms with Crippen LogP contribution in [0.3, 0.4) is 0 Å². The maximum Gasteiger partial charge on any atom is 0.416 e. The molecule has 1 aromatic heterocycles. The van der Waals surface area contributed by atoms with Crippen LogP contribution in [0.15, 0.2) is 54.7 Å². The quantitative estimate of drug-likeness (QED) is 0.240. The SMILES string of the molecule is COC(=O)C(Cc1c[nH]c2ccccc12)NCC(=O)Nc1cccc(C(F)(F)F)c1.O=C(O)C(=O)O. The summed E-state index contributed by atoms with van der Waals surface area (Å²) in [5.41, 5.74) is 0.938. The summed E-state index contributed by atoms with van der Waals surface area (Å²) in [6, 6.07) is 11.1. The minimum Gasteiger partial charge on any atom is -0.473 e. The molecule has 5 N–H and O–H groups in total. The number of aliphatic carboxylic acids is 2. The standard InChI is InChI=1S/C21H20F3N3O3.C2H2O4/c1-30-20(29)18(9-13-11-25-17-8-3-2-7-16(13)17)26-12-19(28)27-15-6-4-5-14(10-15)21(22,23)24;3-1(4)2(5)6/h2-8,10-11,18,25-26H,9,12H2,1H3,(H,27,28);(H,3,4)(H,5,6). The molecule has 0 fully saturated rings. The predicted octanol–water partition coefficient (Wildman–Crippen LogP) is 2.65. The summed E-state index contributed by atoms with van der Waals surface area (Å²) < 4.78 is 43.2. The van der Waals surface area contributed by atoms with Crippen LogP contribution >= 0.6 is 0 Å². The Morgan fingerprint density at radius 3 is 2.31 bits per heavy atom. The molecule has 0 aliphatic carbocycles. The highest BCUT2D eigenvalue weighted by atomic mass is 19.4. The number of esters is 1. The summed E-state index contributed by atoms with van der Waals surface area (Å²) in [6.45, 7) is -0.279. The van der Waals surface area contributed by atoms with Gasteiger partial charge in [0.05, 0.1) is 19.2 Å². The van der Waals surface area contributed by atoms with Gasteiger partial charge < -0.3 is 25.3 Å². The van der Waals surface area contributed by atoms with Crippen molar-refractivity contribution in [3.8, 4) is 0 Å². The number of H-pyrrole nitrogens is 1. The highest BCUT2D eigenvalue weighted by molar-refractivity contribution is 6.27. The van der Waals surface area contributed by atoms with Gasteiger partial charge in [-0.15, -0.1) is 0 Å². The van der Waals surface area contributed by atoms with Crippen molar-refractivity contribution in [2.75, 3.05) is 19.0 Å². The van der Waals surface area contributed by atoms with Crippen molar-refractivity contribution in [3.63, 3.8) is 0 Å². The number of hydrogen-bond donors (Lipinski definition) is 5. The number of carboxylic acid groups (broad SMARTS) is 2. The van der Waals surface area contributed by atoms with E-state index in [1.165, 1.54) is 19.2 Å². The van der Waals surface area contributed by atoms with Gasteiger partial charge in [-0.1, -0.05) is 24.3 Å².